The number of halogens is 2. The van der Waals surface area contributed by atoms with Crippen molar-refractivity contribution in [3.05, 3.63) is 58.3 Å². The van der Waals surface area contributed by atoms with Crippen LogP contribution in [0.2, 0.25) is 10.0 Å². The molecule has 0 fully saturated rings. The summed E-state index contributed by atoms with van der Waals surface area (Å²) in [6, 6.07) is 10.4. The Bertz CT molecular complexity index is 745. The molecular weight excluding hydrogens is 297 g/mol. The fourth-order valence-corrected chi connectivity index (χ4v) is 2.37. The zero-order valence-electron chi connectivity index (χ0n) is 10.2. The van der Waals surface area contributed by atoms with Crippen molar-refractivity contribution in [3.63, 3.8) is 0 Å². The Balaban J connectivity index is 1.93. The van der Waals surface area contributed by atoms with Crippen LogP contribution in [-0.2, 0) is 0 Å². The molecule has 0 bridgehead atoms. The van der Waals surface area contributed by atoms with Crippen LogP contribution in [0.1, 0.15) is 10.5 Å². The summed E-state index contributed by atoms with van der Waals surface area (Å²) in [6.45, 7) is 0. The van der Waals surface area contributed by atoms with Gasteiger partial charge in [-0.3, -0.25) is 9.78 Å². The highest BCUT2D eigenvalue weighted by Gasteiger charge is 2.13. The van der Waals surface area contributed by atoms with E-state index in [2.05, 4.69) is 15.3 Å². The van der Waals surface area contributed by atoms with Crippen LogP contribution in [0.25, 0.3) is 11.0 Å². The van der Waals surface area contributed by atoms with E-state index in [-0.39, 0.29) is 5.91 Å². The molecule has 0 saturated carbocycles. The maximum Gasteiger partial charge on any atom is 0.272 e. The van der Waals surface area contributed by atoms with Crippen molar-refractivity contribution >= 4 is 45.8 Å². The quantitative estimate of drug-likeness (QED) is 0.748. The van der Waals surface area contributed by atoms with Gasteiger partial charge in [0.05, 0.1) is 26.8 Å². The molecule has 20 heavy (non-hydrogen) atoms. The number of aromatic nitrogens is 2. The Morgan fingerprint density at radius 3 is 2.60 bits per heavy atom. The van der Waals surface area contributed by atoms with Crippen molar-refractivity contribution in [2.75, 3.05) is 5.32 Å². The van der Waals surface area contributed by atoms with Crippen LogP contribution in [0.4, 0.5) is 5.69 Å². The van der Waals surface area contributed by atoms with Crippen molar-refractivity contribution in [3.8, 4) is 0 Å². The van der Waals surface area contributed by atoms with Crippen molar-refractivity contribution < 1.29 is 4.79 Å². The van der Waals surface area contributed by atoms with Gasteiger partial charge >= 0.3 is 0 Å². The van der Waals surface area contributed by atoms with Gasteiger partial charge in [0.1, 0.15) is 5.69 Å². The number of para-hydroxylation sites is 1. The van der Waals surface area contributed by atoms with Crippen LogP contribution in [0, 0.1) is 0 Å². The van der Waals surface area contributed by atoms with E-state index in [1.807, 2.05) is 6.07 Å². The van der Waals surface area contributed by atoms with Gasteiger partial charge in [0, 0.05) is 6.20 Å². The summed E-state index contributed by atoms with van der Waals surface area (Å²) < 4.78 is 0. The molecule has 1 amide bonds. The number of H-pyrrole nitrogens is 1. The lowest BCUT2D eigenvalue weighted by molar-refractivity contribution is 0.102. The number of aromatic amines is 1. The highest BCUT2D eigenvalue weighted by molar-refractivity contribution is 6.40. The van der Waals surface area contributed by atoms with E-state index in [1.54, 1.807) is 36.5 Å². The van der Waals surface area contributed by atoms with Crippen LogP contribution >= 0.6 is 23.2 Å². The van der Waals surface area contributed by atoms with Crippen LogP contribution < -0.4 is 5.32 Å². The van der Waals surface area contributed by atoms with Gasteiger partial charge in [0.25, 0.3) is 5.91 Å². The summed E-state index contributed by atoms with van der Waals surface area (Å²) >= 11 is 12.0. The molecule has 3 rings (SSSR count). The zero-order chi connectivity index (χ0) is 14.1. The monoisotopic (exact) mass is 305 g/mol. The molecule has 0 unspecified atom stereocenters. The molecule has 0 atom stereocenters. The molecule has 2 N–H and O–H groups in total. The van der Waals surface area contributed by atoms with Gasteiger partial charge in [0.2, 0.25) is 0 Å². The van der Waals surface area contributed by atoms with Crippen LogP contribution in [0.5, 0.6) is 0 Å². The number of pyridine rings is 1. The number of nitrogens with one attached hydrogen (secondary N) is 2. The summed E-state index contributed by atoms with van der Waals surface area (Å²) in [4.78, 5) is 19.4. The van der Waals surface area contributed by atoms with Gasteiger partial charge in [-0.15, -0.1) is 0 Å². The number of nitrogens with zero attached hydrogens (tertiary/aromatic N) is 1. The standard InChI is InChI=1S/C14H9Cl2N3O/c15-8-3-1-4-9(16)13(8)19-14(20)12-7-11-10(18-12)5-2-6-17-11/h1-7,18H,(H,19,20). The Hall–Kier alpha value is -2.04. The van der Waals surface area contributed by atoms with Gasteiger partial charge in [-0.1, -0.05) is 29.3 Å². The molecule has 100 valence electrons. The Morgan fingerprint density at radius 2 is 1.90 bits per heavy atom. The summed E-state index contributed by atoms with van der Waals surface area (Å²) in [7, 11) is 0. The highest BCUT2D eigenvalue weighted by atomic mass is 35.5. The van der Waals surface area contributed by atoms with E-state index in [0.29, 0.717) is 21.4 Å². The fourth-order valence-electron chi connectivity index (χ4n) is 1.88. The van der Waals surface area contributed by atoms with Gasteiger partial charge in [-0.2, -0.15) is 0 Å². The number of benzene rings is 1. The van der Waals surface area contributed by atoms with E-state index in [9.17, 15) is 4.79 Å². The highest BCUT2D eigenvalue weighted by Crippen LogP contribution is 2.30. The number of rotatable bonds is 2. The minimum absolute atomic E-state index is 0.321. The number of anilines is 1. The van der Waals surface area contributed by atoms with Crippen molar-refractivity contribution in [2.45, 2.75) is 0 Å². The van der Waals surface area contributed by atoms with Gasteiger partial charge in [-0.05, 0) is 30.3 Å². The molecule has 0 aliphatic carbocycles. The summed E-state index contributed by atoms with van der Waals surface area (Å²) in [5.74, 6) is -0.321. The number of amides is 1. The van der Waals surface area contributed by atoms with E-state index >= 15 is 0 Å². The molecule has 0 spiro atoms. The van der Waals surface area contributed by atoms with Gasteiger partial charge < -0.3 is 10.3 Å². The second kappa shape index (κ2) is 5.15. The largest absolute Gasteiger partial charge is 0.349 e. The molecule has 2 heterocycles. The molecule has 0 radical (unpaired) electrons. The number of fused-ring (bicyclic) bond motifs is 1. The second-order valence-electron chi connectivity index (χ2n) is 4.17. The number of carbonyl (C=O) groups is 1. The van der Waals surface area contributed by atoms with Crippen LogP contribution in [-0.4, -0.2) is 15.9 Å². The third-order valence-electron chi connectivity index (χ3n) is 2.83. The summed E-state index contributed by atoms with van der Waals surface area (Å²) in [5, 5.41) is 3.47. The van der Waals surface area contributed by atoms with Crippen LogP contribution in [0.15, 0.2) is 42.6 Å². The molecule has 4 nitrogen and oxygen atoms in total. The minimum atomic E-state index is -0.321. The van der Waals surface area contributed by atoms with E-state index in [1.165, 1.54) is 0 Å². The lowest BCUT2D eigenvalue weighted by Gasteiger charge is -2.07. The summed E-state index contributed by atoms with van der Waals surface area (Å²) in [6.07, 6.45) is 1.67. The topological polar surface area (TPSA) is 57.8 Å². The molecule has 2 aromatic heterocycles. The van der Waals surface area contributed by atoms with E-state index in [0.717, 1.165) is 11.0 Å². The zero-order valence-corrected chi connectivity index (χ0v) is 11.7. The Kier molecular flexibility index (Phi) is 3.34. The Labute approximate surface area is 124 Å². The first-order valence-corrected chi connectivity index (χ1v) is 6.60. The van der Waals surface area contributed by atoms with Crippen molar-refractivity contribution in [2.24, 2.45) is 0 Å². The maximum atomic E-state index is 12.2. The second-order valence-corrected chi connectivity index (χ2v) is 4.98. The molecular formula is C14H9Cl2N3O. The number of carbonyl (C=O) groups excluding carboxylic acids is 1. The lowest BCUT2D eigenvalue weighted by atomic mass is 10.3. The maximum absolute atomic E-state index is 12.2. The fraction of sp³-hybridized carbons (Fsp3) is 0. The first-order valence-electron chi connectivity index (χ1n) is 5.84. The molecule has 0 aliphatic heterocycles. The van der Waals surface area contributed by atoms with Crippen LogP contribution in [0.3, 0.4) is 0 Å². The first kappa shape index (κ1) is 13.0. The number of hydrogen-bond acceptors (Lipinski definition) is 2. The molecule has 3 aromatic rings. The average molecular weight is 306 g/mol. The molecule has 6 heteroatoms. The first-order chi connectivity index (χ1) is 9.65. The molecule has 0 saturated heterocycles. The predicted octanol–water partition coefficient (Wildman–Crippen LogP) is 4.12. The number of hydrogen-bond donors (Lipinski definition) is 2. The molecule has 1 aromatic carbocycles. The average Bonchev–Trinajstić information content (AvgIpc) is 2.87. The third-order valence-corrected chi connectivity index (χ3v) is 3.46. The summed E-state index contributed by atoms with van der Waals surface area (Å²) in [5.41, 5.74) is 2.31. The molecule has 0 aliphatic rings. The SMILES string of the molecule is O=C(Nc1c(Cl)cccc1Cl)c1cc2ncccc2[nH]1. The van der Waals surface area contributed by atoms with Gasteiger partial charge in [0.15, 0.2) is 0 Å². The Morgan fingerprint density at radius 1 is 1.15 bits per heavy atom. The predicted molar refractivity (Wildman–Crippen MR) is 80.5 cm³/mol. The van der Waals surface area contributed by atoms with Crippen molar-refractivity contribution in [1.82, 2.24) is 9.97 Å². The normalized spacial score (nSPS) is 10.7. The van der Waals surface area contributed by atoms with Gasteiger partial charge in [-0.25, -0.2) is 0 Å². The third kappa shape index (κ3) is 2.35. The van der Waals surface area contributed by atoms with E-state index in [4.69, 9.17) is 23.2 Å². The smallest absolute Gasteiger partial charge is 0.272 e. The van der Waals surface area contributed by atoms with E-state index < -0.39 is 0 Å². The lowest BCUT2D eigenvalue weighted by Crippen LogP contribution is -2.12. The minimum Gasteiger partial charge on any atom is -0.349 e. The van der Waals surface area contributed by atoms with Crippen molar-refractivity contribution in [1.29, 1.82) is 0 Å².